The molecule has 0 amide bonds. The fraction of sp³-hybridized carbons (Fsp3) is 0.600. The standard InChI is InChI=1S/C15H23Br2NOS/c1-4-20-6-5-19-15-13(16)7-12(8-14(15)17)10-18-9-11(2)3/h7-8,11,18H,4-6,9-10H2,1-3H3. The molecule has 0 spiro atoms. The van der Waals surface area contributed by atoms with E-state index in [1.807, 2.05) is 11.8 Å². The first kappa shape index (κ1) is 18.3. The topological polar surface area (TPSA) is 21.3 Å². The molecule has 0 aliphatic rings. The summed E-state index contributed by atoms with van der Waals surface area (Å²) in [6, 6.07) is 4.25. The molecule has 0 saturated heterocycles. The molecule has 0 heterocycles. The van der Waals surface area contributed by atoms with Crippen molar-refractivity contribution < 1.29 is 4.74 Å². The molecule has 0 radical (unpaired) electrons. The Labute approximate surface area is 143 Å². The summed E-state index contributed by atoms with van der Waals surface area (Å²) < 4.78 is 7.85. The quantitative estimate of drug-likeness (QED) is 0.557. The average molecular weight is 425 g/mol. The minimum atomic E-state index is 0.667. The van der Waals surface area contributed by atoms with Crippen LogP contribution in [-0.2, 0) is 6.54 Å². The number of nitrogens with one attached hydrogen (secondary N) is 1. The van der Waals surface area contributed by atoms with Crippen LogP contribution in [-0.4, -0.2) is 24.7 Å². The zero-order valence-electron chi connectivity index (χ0n) is 12.3. The highest BCUT2D eigenvalue weighted by atomic mass is 79.9. The predicted octanol–water partition coefficient (Wildman–Crippen LogP) is 5.09. The van der Waals surface area contributed by atoms with Crippen molar-refractivity contribution in [3.63, 3.8) is 0 Å². The van der Waals surface area contributed by atoms with Gasteiger partial charge in [-0.2, -0.15) is 11.8 Å². The van der Waals surface area contributed by atoms with E-state index in [1.54, 1.807) is 0 Å². The maximum atomic E-state index is 5.83. The van der Waals surface area contributed by atoms with E-state index in [0.29, 0.717) is 5.92 Å². The summed E-state index contributed by atoms with van der Waals surface area (Å²) in [5, 5.41) is 3.45. The molecule has 114 valence electrons. The molecular formula is C15H23Br2NOS. The normalized spacial score (nSPS) is 11.1. The molecule has 1 rings (SSSR count). The third-order valence-corrected chi connectivity index (χ3v) is 4.66. The van der Waals surface area contributed by atoms with Crippen molar-refractivity contribution in [2.45, 2.75) is 27.3 Å². The molecule has 1 aromatic carbocycles. The van der Waals surface area contributed by atoms with E-state index in [1.165, 1.54) is 5.56 Å². The lowest BCUT2D eigenvalue weighted by atomic mass is 10.2. The highest BCUT2D eigenvalue weighted by Crippen LogP contribution is 2.34. The minimum absolute atomic E-state index is 0.667. The van der Waals surface area contributed by atoms with Gasteiger partial charge < -0.3 is 10.1 Å². The van der Waals surface area contributed by atoms with Crippen molar-refractivity contribution >= 4 is 43.6 Å². The first-order valence-electron chi connectivity index (χ1n) is 6.93. The van der Waals surface area contributed by atoms with Crippen LogP contribution in [0.5, 0.6) is 5.75 Å². The van der Waals surface area contributed by atoms with Crippen LogP contribution in [0.25, 0.3) is 0 Å². The summed E-state index contributed by atoms with van der Waals surface area (Å²) in [6.45, 7) is 9.23. The zero-order valence-corrected chi connectivity index (χ0v) is 16.3. The maximum Gasteiger partial charge on any atom is 0.147 e. The van der Waals surface area contributed by atoms with Crippen LogP contribution in [0.2, 0.25) is 0 Å². The number of rotatable bonds is 9. The largest absolute Gasteiger partial charge is 0.490 e. The van der Waals surface area contributed by atoms with Gasteiger partial charge in [0.15, 0.2) is 0 Å². The van der Waals surface area contributed by atoms with Crippen molar-refractivity contribution in [2.75, 3.05) is 24.7 Å². The molecule has 20 heavy (non-hydrogen) atoms. The van der Waals surface area contributed by atoms with Gasteiger partial charge in [0.25, 0.3) is 0 Å². The number of ether oxygens (including phenoxy) is 1. The Morgan fingerprint density at radius 3 is 2.45 bits per heavy atom. The lowest BCUT2D eigenvalue weighted by molar-refractivity contribution is 0.339. The molecule has 2 nitrogen and oxygen atoms in total. The predicted molar refractivity (Wildman–Crippen MR) is 96.9 cm³/mol. The van der Waals surface area contributed by atoms with E-state index in [2.05, 4.69) is 70.1 Å². The highest BCUT2D eigenvalue weighted by Gasteiger charge is 2.09. The Morgan fingerprint density at radius 1 is 1.25 bits per heavy atom. The molecule has 0 aromatic heterocycles. The van der Waals surface area contributed by atoms with E-state index >= 15 is 0 Å². The molecule has 1 aromatic rings. The Kier molecular flexibility index (Phi) is 9.25. The molecule has 0 fully saturated rings. The molecule has 0 saturated carbocycles. The lowest BCUT2D eigenvalue weighted by Gasteiger charge is -2.13. The second kappa shape index (κ2) is 10.1. The van der Waals surface area contributed by atoms with E-state index in [-0.39, 0.29) is 0 Å². The molecule has 1 N–H and O–H groups in total. The fourth-order valence-electron chi connectivity index (χ4n) is 1.70. The van der Waals surface area contributed by atoms with Crippen LogP contribution in [0.3, 0.4) is 0 Å². The molecule has 5 heteroatoms. The van der Waals surface area contributed by atoms with Crippen LogP contribution in [0.4, 0.5) is 0 Å². The summed E-state index contributed by atoms with van der Waals surface area (Å²) in [6.07, 6.45) is 0. The van der Waals surface area contributed by atoms with Gasteiger partial charge in [-0.25, -0.2) is 0 Å². The Balaban J connectivity index is 2.56. The van der Waals surface area contributed by atoms with Crippen molar-refractivity contribution in [1.82, 2.24) is 5.32 Å². The van der Waals surface area contributed by atoms with Crippen molar-refractivity contribution in [3.8, 4) is 5.75 Å². The van der Waals surface area contributed by atoms with Crippen LogP contribution in [0.15, 0.2) is 21.1 Å². The second-order valence-electron chi connectivity index (χ2n) is 4.96. The van der Waals surface area contributed by atoms with Gasteiger partial charge in [-0.3, -0.25) is 0 Å². The van der Waals surface area contributed by atoms with Gasteiger partial charge in [0.1, 0.15) is 5.75 Å². The van der Waals surface area contributed by atoms with Gasteiger partial charge in [0.05, 0.1) is 15.6 Å². The Morgan fingerprint density at radius 2 is 1.90 bits per heavy atom. The van der Waals surface area contributed by atoms with E-state index in [4.69, 9.17) is 4.74 Å². The third-order valence-electron chi connectivity index (χ3n) is 2.62. The Hall–Kier alpha value is 0.290. The summed E-state index contributed by atoms with van der Waals surface area (Å²) in [5.74, 6) is 3.72. The second-order valence-corrected chi connectivity index (χ2v) is 8.06. The number of benzene rings is 1. The van der Waals surface area contributed by atoms with Gasteiger partial charge in [-0.1, -0.05) is 20.8 Å². The molecule has 0 atom stereocenters. The van der Waals surface area contributed by atoms with E-state index in [0.717, 1.165) is 45.9 Å². The first-order chi connectivity index (χ1) is 9.54. The van der Waals surface area contributed by atoms with Gasteiger partial charge in [0, 0.05) is 12.3 Å². The van der Waals surface area contributed by atoms with Gasteiger partial charge >= 0.3 is 0 Å². The average Bonchev–Trinajstić information content (AvgIpc) is 2.36. The number of hydrogen-bond acceptors (Lipinski definition) is 3. The number of hydrogen-bond donors (Lipinski definition) is 1. The van der Waals surface area contributed by atoms with Crippen molar-refractivity contribution in [2.24, 2.45) is 5.92 Å². The van der Waals surface area contributed by atoms with Crippen LogP contribution in [0, 0.1) is 5.92 Å². The van der Waals surface area contributed by atoms with E-state index < -0.39 is 0 Å². The van der Waals surface area contributed by atoms with Crippen LogP contribution in [0.1, 0.15) is 26.3 Å². The molecule has 0 bridgehead atoms. The van der Waals surface area contributed by atoms with Gasteiger partial charge in [-0.05, 0) is 67.8 Å². The highest BCUT2D eigenvalue weighted by molar-refractivity contribution is 9.11. The van der Waals surface area contributed by atoms with Gasteiger partial charge in [0.2, 0.25) is 0 Å². The third kappa shape index (κ3) is 6.83. The number of thioether (sulfide) groups is 1. The SMILES string of the molecule is CCSCCOc1c(Br)cc(CNCC(C)C)cc1Br. The zero-order chi connectivity index (χ0) is 15.0. The maximum absolute atomic E-state index is 5.83. The fourth-order valence-corrected chi connectivity index (χ4v) is 3.70. The minimum Gasteiger partial charge on any atom is -0.490 e. The van der Waals surface area contributed by atoms with Crippen LogP contribution < -0.4 is 10.1 Å². The smallest absolute Gasteiger partial charge is 0.147 e. The first-order valence-corrected chi connectivity index (χ1v) is 9.67. The Bertz CT molecular complexity index is 390. The molecule has 0 aliphatic carbocycles. The monoisotopic (exact) mass is 423 g/mol. The van der Waals surface area contributed by atoms with Crippen molar-refractivity contribution in [3.05, 3.63) is 26.6 Å². The molecule has 0 aliphatic heterocycles. The lowest BCUT2D eigenvalue weighted by Crippen LogP contribution is -2.19. The van der Waals surface area contributed by atoms with E-state index in [9.17, 15) is 0 Å². The van der Waals surface area contributed by atoms with Crippen molar-refractivity contribution in [1.29, 1.82) is 0 Å². The summed E-state index contributed by atoms with van der Waals surface area (Å²) in [7, 11) is 0. The molecular weight excluding hydrogens is 402 g/mol. The van der Waals surface area contributed by atoms with Gasteiger partial charge in [-0.15, -0.1) is 0 Å². The summed E-state index contributed by atoms with van der Waals surface area (Å²) >= 11 is 9.09. The summed E-state index contributed by atoms with van der Waals surface area (Å²) in [5.41, 5.74) is 1.25. The van der Waals surface area contributed by atoms with Crippen LogP contribution >= 0.6 is 43.6 Å². The summed E-state index contributed by atoms with van der Waals surface area (Å²) in [4.78, 5) is 0. The number of halogens is 2. The molecule has 0 unspecified atom stereocenters.